The normalized spacial score (nSPS) is 13.8. The number of para-hydroxylation sites is 1. The molecule has 0 radical (unpaired) electrons. The van der Waals surface area contributed by atoms with Gasteiger partial charge in [-0.2, -0.15) is 0 Å². The zero-order chi connectivity index (χ0) is 15.4. The van der Waals surface area contributed by atoms with Gasteiger partial charge in [-0.1, -0.05) is 35.9 Å². The number of halogens is 2. The molecule has 0 spiro atoms. The number of rotatable bonds is 5. The van der Waals surface area contributed by atoms with Gasteiger partial charge in [0.25, 0.3) is 0 Å². The van der Waals surface area contributed by atoms with Gasteiger partial charge in [-0.25, -0.2) is 4.39 Å². The summed E-state index contributed by atoms with van der Waals surface area (Å²) in [4.78, 5) is 0. The Hall–Kier alpha value is -1.58. The predicted molar refractivity (Wildman–Crippen MR) is 84.4 cm³/mol. The Kier molecular flexibility index (Phi) is 5.21. The summed E-state index contributed by atoms with van der Waals surface area (Å²) in [5, 5.41) is 3.62. The van der Waals surface area contributed by atoms with E-state index >= 15 is 0 Å². The number of ether oxygens (including phenoxy) is 1. The summed E-state index contributed by atoms with van der Waals surface area (Å²) >= 11 is 5.84. The van der Waals surface area contributed by atoms with Crippen LogP contribution in [0.5, 0.6) is 5.75 Å². The first-order valence-corrected chi connectivity index (χ1v) is 7.24. The fraction of sp³-hybridized carbons (Fsp3) is 0.294. The number of benzene rings is 2. The summed E-state index contributed by atoms with van der Waals surface area (Å²) in [6.07, 6.45) is 0. The highest BCUT2D eigenvalue weighted by Crippen LogP contribution is 2.27. The van der Waals surface area contributed by atoms with Gasteiger partial charge >= 0.3 is 0 Å². The summed E-state index contributed by atoms with van der Waals surface area (Å²) < 4.78 is 18.6. The minimum absolute atomic E-state index is 0.0445. The second-order valence-electron chi connectivity index (χ2n) is 5.03. The molecule has 2 rings (SSSR count). The third kappa shape index (κ3) is 3.74. The summed E-state index contributed by atoms with van der Waals surface area (Å²) in [7, 11) is 1.66. The van der Waals surface area contributed by atoms with Gasteiger partial charge in [-0.15, -0.1) is 0 Å². The molecule has 4 heteroatoms. The van der Waals surface area contributed by atoms with Crippen molar-refractivity contribution in [2.45, 2.75) is 25.9 Å². The third-order valence-corrected chi connectivity index (χ3v) is 3.84. The Balaban J connectivity index is 2.14. The van der Waals surface area contributed by atoms with Crippen LogP contribution in [0.4, 0.5) is 4.39 Å². The lowest BCUT2D eigenvalue weighted by atomic mass is 10.0. The molecule has 0 heterocycles. The molecular weight excluding hydrogens is 289 g/mol. The van der Waals surface area contributed by atoms with E-state index in [1.54, 1.807) is 19.2 Å². The lowest BCUT2D eigenvalue weighted by Gasteiger charge is -2.22. The van der Waals surface area contributed by atoms with Crippen molar-refractivity contribution in [2.75, 3.05) is 7.11 Å². The first-order valence-electron chi connectivity index (χ1n) is 6.87. The monoisotopic (exact) mass is 307 g/mol. The van der Waals surface area contributed by atoms with Crippen molar-refractivity contribution in [1.82, 2.24) is 5.32 Å². The molecule has 2 nitrogen and oxygen atoms in total. The van der Waals surface area contributed by atoms with Crippen LogP contribution in [-0.2, 0) is 0 Å². The van der Waals surface area contributed by atoms with E-state index < -0.39 is 5.82 Å². The molecule has 2 aromatic carbocycles. The van der Waals surface area contributed by atoms with E-state index in [2.05, 4.69) is 12.2 Å². The highest BCUT2D eigenvalue weighted by molar-refractivity contribution is 6.30. The van der Waals surface area contributed by atoms with Crippen molar-refractivity contribution in [2.24, 2.45) is 0 Å². The number of hydrogen-bond acceptors (Lipinski definition) is 2. The number of nitrogens with one attached hydrogen (secondary N) is 1. The van der Waals surface area contributed by atoms with Crippen LogP contribution in [0.2, 0.25) is 5.02 Å². The van der Waals surface area contributed by atoms with E-state index in [9.17, 15) is 4.39 Å². The van der Waals surface area contributed by atoms with E-state index in [1.807, 2.05) is 31.2 Å². The minimum atomic E-state index is -0.398. The van der Waals surface area contributed by atoms with Gasteiger partial charge < -0.3 is 10.1 Å². The zero-order valence-electron chi connectivity index (χ0n) is 12.4. The highest BCUT2D eigenvalue weighted by atomic mass is 35.5. The third-order valence-electron chi connectivity index (χ3n) is 3.55. The second kappa shape index (κ2) is 6.92. The van der Waals surface area contributed by atoms with Crippen molar-refractivity contribution in [1.29, 1.82) is 0 Å². The summed E-state index contributed by atoms with van der Waals surface area (Å²) in [5.74, 6) is 0.451. The molecule has 2 aromatic rings. The Morgan fingerprint density at radius 2 is 1.81 bits per heavy atom. The van der Waals surface area contributed by atoms with Crippen molar-refractivity contribution >= 4 is 11.6 Å². The molecule has 0 amide bonds. The minimum Gasteiger partial charge on any atom is -0.496 e. The Morgan fingerprint density at radius 3 is 2.48 bits per heavy atom. The van der Waals surface area contributed by atoms with Gasteiger partial charge in [0.15, 0.2) is 0 Å². The molecule has 0 fully saturated rings. The van der Waals surface area contributed by atoms with Crippen LogP contribution >= 0.6 is 11.6 Å². The summed E-state index contributed by atoms with van der Waals surface area (Å²) in [6, 6.07) is 12.8. The molecule has 112 valence electrons. The molecule has 0 bridgehead atoms. The second-order valence-corrected chi connectivity index (χ2v) is 5.43. The largest absolute Gasteiger partial charge is 0.496 e. The average molecular weight is 308 g/mol. The molecule has 0 aliphatic heterocycles. The molecule has 2 atom stereocenters. The maximum atomic E-state index is 13.2. The topological polar surface area (TPSA) is 21.3 Å². The van der Waals surface area contributed by atoms with E-state index in [4.69, 9.17) is 16.3 Å². The quantitative estimate of drug-likeness (QED) is 0.848. The van der Waals surface area contributed by atoms with E-state index in [0.29, 0.717) is 0 Å². The fourth-order valence-corrected chi connectivity index (χ4v) is 2.56. The summed E-state index contributed by atoms with van der Waals surface area (Å²) in [5.41, 5.74) is 2.03. The molecule has 0 saturated carbocycles. The van der Waals surface area contributed by atoms with E-state index in [-0.39, 0.29) is 17.1 Å². The van der Waals surface area contributed by atoms with Crippen LogP contribution in [-0.4, -0.2) is 7.11 Å². The van der Waals surface area contributed by atoms with Crippen LogP contribution in [0.3, 0.4) is 0 Å². The predicted octanol–water partition coefficient (Wildman–Crippen LogP) is 4.90. The fourth-order valence-electron chi connectivity index (χ4n) is 2.37. The van der Waals surface area contributed by atoms with Gasteiger partial charge in [0.2, 0.25) is 0 Å². The number of methoxy groups -OCH3 is 1. The zero-order valence-corrected chi connectivity index (χ0v) is 13.1. The smallest absolute Gasteiger partial charge is 0.141 e. The first-order chi connectivity index (χ1) is 10.0. The SMILES string of the molecule is COc1ccccc1C(C)NC(C)c1ccc(F)c(Cl)c1. The molecule has 2 unspecified atom stereocenters. The lowest BCUT2D eigenvalue weighted by molar-refractivity contribution is 0.396. The molecule has 1 N–H and O–H groups in total. The first kappa shape index (κ1) is 15.8. The van der Waals surface area contributed by atoms with Crippen LogP contribution in [0.25, 0.3) is 0 Å². The van der Waals surface area contributed by atoms with Crippen molar-refractivity contribution < 1.29 is 9.13 Å². The maximum Gasteiger partial charge on any atom is 0.141 e. The van der Waals surface area contributed by atoms with Gasteiger partial charge in [-0.3, -0.25) is 0 Å². The molecule has 0 aromatic heterocycles. The van der Waals surface area contributed by atoms with Crippen LogP contribution in [0.15, 0.2) is 42.5 Å². The van der Waals surface area contributed by atoms with Crippen molar-refractivity contribution in [3.05, 3.63) is 64.4 Å². The summed E-state index contributed by atoms with van der Waals surface area (Å²) in [6.45, 7) is 4.09. The Morgan fingerprint density at radius 1 is 1.10 bits per heavy atom. The Labute approximate surface area is 129 Å². The van der Waals surface area contributed by atoms with Crippen LogP contribution in [0, 0.1) is 5.82 Å². The molecule has 0 saturated heterocycles. The van der Waals surface area contributed by atoms with E-state index in [1.165, 1.54) is 6.07 Å². The average Bonchev–Trinajstić information content (AvgIpc) is 2.49. The molecule has 0 aliphatic rings. The van der Waals surface area contributed by atoms with Crippen LogP contribution in [0.1, 0.15) is 37.1 Å². The number of hydrogen-bond donors (Lipinski definition) is 1. The van der Waals surface area contributed by atoms with Gasteiger partial charge in [0.05, 0.1) is 12.1 Å². The molecule has 0 aliphatic carbocycles. The van der Waals surface area contributed by atoms with Gasteiger partial charge in [-0.05, 0) is 37.6 Å². The Bertz CT molecular complexity index is 617. The van der Waals surface area contributed by atoms with E-state index in [0.717, 1.165) is 16.9 Å². The van der Waals surface area contributed by atoms with Gasteiger partial charge in [0.1, 0.15) is 11.6 Å². The van der Waals surface area contributed by atoms with Crippen molar-refractivity contribution in [3.63, 3.8) is 0 Å². The highest BCUT2D eigenvalue weighted by Gasteiger charge is 2.15. The molecule has 21 heavy (non-hydrogen) atoms. The van der Waals surface area contributed by atoms with Gasteiger partial charge in [0, 0.05) is 17.6 Å². The maximum absolute atomic E-state index is 13.2. The van der Waals surface area contributed by atoms with Crippen molar-refractivity contribution in [3.8, 4) is 5.75 Å². The van der Waals surface area contributed by atoms with Crippen LogP contribution < -0.4 is 10.1 Å². The standard InChI is InChI=1S/C17H19ClFNO/c1-11(13-8-9-16(19)15(18)10-13)20-12(2)14-6-4-5-7-17(14)21-3/h4-12,20H,1-3H3. The lowest BCUT2D eigenvalue weighted by Crippen LogP contribution is -2.23. The molecular formula is C17H19ClFNO.